The quantitative estimate of drug-likeness (QED) is 0.672. The molecule has 0 saturated heterocycles. The van der Waals surface area contributed by atoms with E-state index in [1.807, 2.05) is 35.8 Å². The molecule has 0 atom stereocenters. The van der Waals surface area contributed by atoms with Crippen molar-refractivity contribution in [1.29, 1.82) is 0 Å². The molecule has 0 radical (unpaired) electrons. The standard InChI is InChI=1S/C15H14N2O2/c1-2-15-16-11-6-3-4-7-12(11)17(15)10-13(18)14-8-5-9-19-14/h3-9H,2,10H2,1H3. The minimum absolute atomic E-state index is 0.0390. The first kappa shape index (κ1) is 11.7. The fraction of sp³-hybridized carbons (Fsp3) is 0.200. The topological polar surface area (TPSA) is 48.0 Å². The van der Waals surface area contributed by atoms with E-state index in [9.17, 15) is 4.79 Å². The van der Waals surface area contributed by atoms with Gasteiger partial charge in [-0.05, 0) is 24.3 Å². The summed E-state index contributed by atoms with van der Waals surface area (Å²) in [5, 5.41) is 0. The number of rotatable bonds is 4. The van der Waals surface area contributed by atoms with Crippen LogP contribution in [0.1, 0.15) is 23.3 Å². The van der Waals surface area contributed by atoms with E-state index in [2.05, 4.69) is 4.98 Å². The van der Waals surface area contributed by atoms with E-state index in [4.69, 9.17) is 4.42 Å². The van der Waals surface area contributed by atoms with Gasteiger partial charge in [-0.2, -0.15) is 0 Å². The van der Waals surface area contributed by atoms with Gasteiger partial charge in [-0.15, -0.1) is 0 Å². The molecular weight excluding hydrogens is 240 g/mol. The first-order valence-electron chi connectivity index (χ1n) is 6.30. The molecule has 1 aromatic carbocycles. The number of imidazole rings is 1. The number of para-hydroxylation sites is 2. The number of furan rings is 1. The molecule has 0 N–H and O–H groups in total. The summed E-state index contributed by atoms with van der Waals surface area (Å²) in [6, 6.07) is 11.3. The SMILES string of the molecule is CCc1nc2ccccc2n1CC(=O)c1ccco1. The fourth-order valence-electron chi connectivity index (χ4n) is 2.23. The smallest absolute Gasteiger partial charge is 0.217 e. The zero-order valence-electron chi connectivity index (χ0n) is 10.7. The van der Waals surface area contributed by atoms with Gasteiger partial charge >= 0.3 is 0 Å². The molecule has 2 aromatic heterocycles. The number of hydrogen-bond acceptors (Lipinski definition) is 3. The number of ketones is 1. The number of carbonyl (C=O) groups is 1. The number of carbonyl (C=O) groups excluding carboxylic acids is 1. The monoisotopic (exact) mass is 254 g/mol. The normalized spacial score (nSPS) is 11.0. The summed E-state index contributed by atoms with van der Waals surface area (Å²) in [7, 11) is 0. The maximum Gasteiger partial charge on any atom is 0.217 e. The van der Waals surface area contributed by atoms with Crippen molar-refractivity contribution in [2.75, 3.05) is 0 Å². The molecule has 4 heteroatoms. The molecular formula is C15H14N2O2. The summed E-state index contributed by atoms with van der Waals surface area (Å²) in [5.41, 5.74) is 1.91. The Hall–Kier alpha value is -2.36. The zero-order valence-corrected chi connectivity index (χ0v) is 10.7. The Bertz CT molecular complexity index is 711. The van der Waals surface area contributed by atoms with Gasteiger partial charge in [0, 0.05) is 6.42 Å². The minimum atomic E-state index is -0.0390. The Morgan fingerprint density at radius 2 is 2.11 bits per heavy atom. The molecule has 96 valence electrons. The highest BCUT2D eigenvalue weighted by Crippen LogP contribution is 2.17. The van der Waals surface area contributed by atoms with Crippen molar-refractivity contribution in [2.45, 2.75) is 19.9 Å². The summed E-state index contributed by atoms with van der Waals surface area (Å²) in [5.74, 6) is 1.27. The predicted molar refractivity (Wildman–Crippen MR) is 72.1 cm³/mol. The van der Waals surface area contributed by atoms with Crippen LogP contribution in [0.5, 0.6) is 0 Å². The summed E-state index contributed by atoms with van der Waals surface area (Å²) >= 11 is 0. The zero-order chi connectivity index (χ0) is 13.2. The van der Waals surface area contributed by atoms with Crippen LogP contribution in [-0.2, 0) is 13.0 Å². The lowest BCUT2D eigenvalue weighted by Crippen LogP contribution is -2.12. The minimum Gasteiger partial charge on any atom is -0.461 e. The third kappa shape index (κ3) is 2.05. The molecule has 0 spiro atoms. The second-order valence-electron chi connectivity index (χ2n) is 4.36. The molecule has 0 fully saturated rings. The molecule has 3 rings (SSSR count). The number of nitrogens with zero attached hydrogens (tertiary/aromatic N) is 2. The van der Waals surface area contributed by atoms with E-state index >= 15 is 0 Å². The highest BCUT2D eigenvalue weighted by molar-refractivity contribution is 5.94. The van der Waals surface area contributed by atoms with Crippen LogP contribution in [0.3, 0.4) is 0 Å². The van der Waals surface area contributed by atoms with E-state index in [0.717, 1.165) is 23.3 Å². The largest absolute Gasteiger partial charge is 0.461 e. The van der Waals surface area contributed by atoms with Crippen molar-refractivity contribution in [3.8, 4) is 0 Å². The second kappa shape index (κ2) is 4.72. The highest BCUT2D eigenvalue weighted by atomic mass is 16.3. The van der Waals surface area contributed by atoms with Crippen molar-refractivity contribution in [2.24, 2.45) is 0 Å². The number of benzene rings is 1. The lowest BCUT2D eigenvalue weighted by Gasteiger charge is -2.05. The second-order valence-corrected chi connectivity index (χ2v) is 4.36. The predicted octanol–water partition coefficient (Wildman–Crippen LogP) is 3.07. The Morgan fingerprint density at radius 3 is 2.84 bits per heavy atom. The van der Waals surface area contributed by atoms with Gasteiger partial charge in [0.1, 0.15) is 5.82 Å². The average molecular weight is 254 g/mol. The molecule has 0 unspecified atom stereocenters. The van der Waals surface area contributed by atoms with Crippen LogP contribution in [-0.4, -0.2) is 15.3 Å². The number of hydrogen-bond donors (Lipinski definition) is 0. The highest BCUT2D eigenvalue weighted by Gasteiger charge is 2.15. The molecule has 0 saturated carbocycles. The lowest BCUT2D eigenvalue weighted by atomic mass is 10.2. The van der Waals surface area contributed by atoms with Crippen LogP contribution < -0.4 is 0 Å². The molecule has 0 aliphatic heterocycles. The number of aryl methyl sites for hydroxylation is 1. The molecule has 19 heavy (non-hydrogen) atoms. The molecule has 3 aromatic rings. The molecule has 0 aliphatic rings. The first-order valence-corrected chi connectivity index (χ1v) is 6.30. The lowest BCUT2D eigenvalue weighted by molar-refractivity contribution is 0.0945. The van der Waals surface area contributed by atoms with Crippen molar-refractivity contribution in [1.82, 2.24) is 9.55 Å². The summed E-state index contributed by atoms with van der Waals surface area (Å²) < 4.78 is 7.10. The molecule has 4 nitrogen and oxygen atoms in total. The van der Waals surface area contributed by atoms with Crippen LogP contribution in [0.2, 0.25) is 0 Å². The summed E-state index contributed by atoms with van der Waals surface area (Å²) in [6.45, 7) is 2.30. The fourth-order valence-corrected chi connectivity index (χ4v) is 2.23. The van der Waals surface area contributed by atoms with E-state index in [-0.39, 0.29) is 12.3 Å². The van der Waals surface area contributed by atoms with Gasteiger partial charge in [-0.3, -0.25) is 4.79 Å². The molecule has 0 aliphatic carbocycles. The maximum absolute atomic E-state index is 12.1. The van der Waals surface area contributed by atoms with Crippen LogP contribution >= 0.6 is 0 Å². The van der Waals surface area contributed by atoms with Crippen molar-refractivity contribution in [3.05, 3.63) is 54.2 Å². The summed E-state index contributed by atoms with van der Waals surface area (Å²) in [6.07, 6.45) is 2.31. The van der Waals surface area contributed by atoms with Gasteiger partial charge in [0.05, 0.1) is 23.8 Å². The van der Waals surface area contributed by atoms with Crippen molar-refractivity contribution >= 4 is 16.8 Å². The van der Waals surface area contributed by atoms with E-state index in [0.29, 0.717) is 5.76 Å². The van der Waals surface area contributed by atoms with E-state index in [1.54, 1.807) is 12.1 Å². The summed E-state index contributed by atoms with van der Waals surface area (Å²) in [4.78, 5) is 16.7. The maximum atomic E-state index is 12.1. The van der Waals surface area contributed by atoms with Crippen LogP contribution in [0.4, 0.5) is 0 Å². The Balaban J connectivity index is 2.02. The number of aromatic nitrogens is 2. The van der Waals surface area contributed by atoms with Crippen molar-refractivity contribution in [3.63, 3.8) is 0 Å². The molecule has 2 heterocycles. The van der Waals surface area contributed by atoms with Crippen LogP contribution in [0, 0.1) is 0 Å². The number of Topliss-reactive ketones (excluding diaryl/α,β-unsaturated/α-hetero) is 1. The van der Waals surface area contributed by atoms with Gasteiger partial charge in [0.25, 0.3) is 0 Å². The van der Waals surface area contributed by atoms with Crippen LogP contribution in [0.15, 0.2) is 47.1 Å². The average Bonchev–Trinajstić information content (AvgIpc) is 3.06. The van der Waals surface area contributed by atoms with Gasteiger partial charge in [-0.1, -0.05) is 19.1 Å². The van der Waals surface area contributed by atoms with E-state index < -0.39 is 0 Å². The van der Waals surface area contributed by atoms with Crippen molar-refractivity contribution < 1.29 is 9.21 Å². The Labute approximate surface area is 110 Å². The van der Waals surface area contributed by atoms with Gasteiger partial charge in [-0.25, -0.2) is 4.98 Å². The van der Waals surface area contributed by atoms with E-state index in [1.165, 1.54) is 6.26 Å². The van der Waals surface area contributed by atoms with Gasteiger partial charge in [0.2, 0.25) is 5.78 Å². The third-order valence-electron chi connectivity index (χ3n) is 3.15. The van der Waals surface area contributed by atoms with Gasteiger partial charge < -0.3 is 8.98 Å². The van der Waals surface area contributed by atoms with Crippen LogP contribution in [0.25, 0.3) is 11.0 Å². The molecule has 0 amide bonds. The molecule has 0 bridgehead atoms. The Kier molecular flexibility index (Phi) is 2.91. The first-order chi connectivity index (χ1) is 9.29. The van der Waals surface area contributed by atoms with Gasteiger partial charge in [0.15, 0.2) is 5.76 Å². The third-order valence-corrected chi connectivity index (χ3v) is 3.15. The Morgan fingerprint density at radius 1 is 1.26 bits per heavy atom. The number of fused-ring (bicyclic) bond motifs is 1.